The van der Waals surface area contributed by atoms with Crippen molar-refractivity contribution in [3.63, 3.8) is 0 Å². The molecule has 0 bridgehead atoms. The summed E-state index contributed by atoms with van der Waals surface area (Å²) in [5, 5.41) is 1.89. The number of hydrogen-bond donors (Lipinski definition) is 0. The first kappa shape index (κ1) is 10.0. The Morgan fingerprint density at radius 1 is 1.17 bits per heavy atom. The lowest BCUT2D eigenvalue weighted by Gasteiger charge is -2.33. The molecule has 1 heteroatoms. The molecular weight excluding hydrogens is 160 g/mol. The van der Waals surface area contributed by atoms with E-state index >= 15 is 0 Å². The third-order valence-electron chi connectivity index (χ3n) is 2.84. The molecule has 0 nitrogen and oxygen atoms in total. The molecule has 0 unspecified atom stereocenters. The number of hydrogen-bond acceptors (Lipinski definition) is 0. The second-order valence-corrected chi connectivity index (χ2v) is 10.0. The maximum atomic E-state index is 2.48. The van der Waals surface area contributed by atoms with Gasteiger partial charge in [0.05, 0.1) is 8.07 Å². The van der Waals surface area contributed by atoms with Gasteiger partial charge in [-0.1, -0.05) is 43.8 Å². The Morgan fingerprint density at radius 3 is 2.17 bits per heavy atom. The zero-order chi connectivity index (χ0) is 9.19. The Kier molecular flexibility index (Phi) is 3.16. The van der Waals surface area contributed by atoms with Crippen LogP contribution in [0.15, 0.2) is 10.8 Å². The molecule has 0 aliphatic heterocycles. The van der Waals surface area contributed by atoms with Crippen molar-refractivity contribution < 1.29 is 0 Å². The Morgan fingerprint density at radius 2 is 1.83 bits per heavy atom. The van der Waals surface area contributed by atoms with Gasteiger partial charge in [0.15, 0.2) is 0 Å². The van der Waals surface area contributed by atoms with E-state index in [2.05, 4.69) is 26.6 Å². The molecule has 0 atom stereocenters. The van der Waals surface area contributed by atoms with Gasteiger partial charge in [-0.15, -0.1) is 0 Å². The van der Waals surface area contributed by atoms with Crippen molar-refractivity contribution >= 4 is 8.07 Å². The zero-order valence-corrected chi connectivity index (χ0v) is 10.0. The predicted octanol–water partition coefficient (Wildman–Crippen LogP) is 4.14. The largest absolute Gasteiger partial charge is 0.0815 e. The highest BCUT2D eigenvalue weighted by Crippen LogP contribution is 2.37. The van der Waals surface area contributed by atoms with Crippen molar-refractivity contribution in [2.45, 2.75) is 58.7 Å². The summed E-state index contributed by atoms with van der Waals surface area (Å²) in [6, 6.07) is 0. The van der Waals surface area contributed by atoms with Crippen molar-refractivity contribution in [3.05, 3.63) is 10.8 Å². The fourth-order valence-electron chi connectivity index (χ4n) is 2.00. The van der Waals surface area contributed by atoms with Crippen LogP contribution in [0, 0.1) is 0 Å². The molecule has 0 saturated heterocycles. The van der Waals surface area contributed by atoms with E-state index in [1.165, 1.54) is 32.1 Å². The molecular formula is C11H22Si. The molecule has 0 spiro atoms. The SMILES string of the molecule is CCCCC1=C([Si](C)(C)C)CC1. The Labute approximate surface area is 78.1 Å². The average molecular weight is 182 g/mol. The highest BCUT2D eigenvalue weighted by Gasteiger charge is 2.27. The van der Waals surface area contributed by atoms with Crippen LogP contribution in [0.4, 0.5) is 0 Å². The second kappa shape index (κ2) is 3.78. The topological polar surface area (TPSA) is 0 Å². The maximum Gasteiger partial charge on any atom is 0.0723 e. The molecule has 0 aromatic rings. The summed E-state index contributed by atoms with van der Waals surface area (Å²) < 4.78 is 0. The summed E-state index contributed by atoms with van der Waals surface area (Å²) in [5.41, 5.74) is 1.83. The van der Waals surface area contributed by atoms with E-state index in [9.17, 15) is 0 Å². The van der Waals surface area contributed by atoms with Crippen LogP contribution in [0.1, 0.15) is 39.0 Å². The first-order valence-electron chi connectivity index (χ1n) is 5.27. The maximum absolute atomic E-state index is 2.48. The minimum Gasteiger partial charge on any atom is -0.0815 e. The van der Waals surface area contributed by atoms with Crippen molar-refractivity contribution in [2.75, 3.05) is 0 Å². The summed E-state index contributed by atoms with van der Waals surface area (Å²) in [6.45, 7) is 9.72. The van der Waals surface area contributed by atoms with Crippen molar-refractivity contribution in [1.29, 1.82) is 0 Å². The van der Waals surface area contributed by atoms with Gasteiger partial charge in [0.1, 0.15) is 0 Å². The third-order valence-corrected chi connectivity index (χ3v) is 5.26. The molecule has 0 aromatic carbocycles. The fourth-order valence-corrected chi connectivity index (χ4v) is 4.18. The van der Waals surface area contributed by atoms with Gasteiger partial charge in [0.2, 0.25) is 0 Å². The van der Waals surface area contributed by atoms with Crippen molar-refractivity contribution in [2.24, 2.45) is 0 Å². The summed E-state index contributed by atoms with van der Waals surface area (Å²) >= 11 is 0. The first-order valence-corrected chi connectivity index (χ1v) is 8.77. The summed E-state index contributed by atoms with van der Waals surface area (Å²) in [4.78, 5) is 0. The predicted molar refractivity (Wildman–Crippen MR) is 59.1 cm³/mol. The molecule has 70 valence electrons. The van der Waals surface area contributed by atoms with Gasteiger partial charge in [0.25, 0.3) is 0 Å². The molecule has 1 aliphatic carbocycles. The molecule has 0 radical (unpaired) electrons. The summed E-state index contributed by atoms with van der Waals surface area (Å²) in [7, 11) is -0.907. The molecule has 1 aliphatic rings. The number of rotatable bonds is 4. The fraction of sp³-hybridized carbons (Fsp3) is 0.818. The quantitative estimate of drug-likeness (QED) is 0.573. The van der Waals surface area contributed by atoms with Crippen molar-refractivity contribution in [1.82, 2.24) is 0 Å². The number of unbranched alkanes of at least 4 members (excludes halogenated alkanes) is 1. The van der Waals surface area contributed by atoms with E-state index < -0.39 is 8.07 Å². The van der Waals surface area contributed by atoms with Crippen LogP contribution >= 0.6 is 0 Å². The van der Waals surface area contributed by atoms with Gasteiger partial charge in [-0.3, -0.25) is 0 Å². The number of allylic oxidation sites excluding steroid dienone is 2. The minimum absolute atomic E-state index is 0.907. The van der Waals surface area contributed by atoms with E-state index in [1.807, 2.05) is 10.8 Å². The lowest BCUT2D eigenvalue weighted by molar-refractivity contribution is 0.701. The molecule has 0 fully saturated rings. The lowest BCUT2D eigenvalue weighted by Crippen LogP contribution is -2.30. The molecule has 0 amide bonds. The Balaban J connectivity index is 2.53. The van der Waals surface area contributed by atoms with Gasteiger partial charge in [-0.2, -0.15) is 0 Å². The van der Waals surface area contributed by atoms with Gasteiger partial charge in [-0.25, -0.2) is 0 Å². The van der Waals surface area contributed by atoms with Crippen molar-refractivity contribution in [3.8, 4) is 0 Å². The summed E-state index contributed by atoms with van der Waals surface area (Å²) in [5.74, 6) is 0. The molecule has 0 aromatic heterocycles. The Bertz CT molecular complexity index is 184. The normalized spacial score (nSPS) is 18.0. The van der Waals surface area contributed by atoms with E-state index in [0.29, 0.717) is 0 Å². The standard InChI is InChI=1S/C11H22Si/c1-5-6-7-10-8-9-11(10)12(2,3)4/h5-9H2,1-4H3. The smallest absolute Gasteiger partial charge is 0.0723 e. The van der Waals surface area contributed by atoms with Crippen LogP contribution < -0.4 is 0 Å². The highest BCUT2D eigenvalue weighted by atomic mass is 28.3. The van der Waals surface area contributed by atoms with E-state index in [0.717, 1.165) is 0 Å². The minimum atomic E-state index is -0.907. The second-order valence-electron chi connectivity index (χ2n) is 4.94. The van der Waals surface area contributed by atoms with Crippen LogP contribution in [0.5, 0.6) is 0 Å². The monoisotopic (exact) mass is 182 g/mol. The third kappa shape index (κ3) is 2.22. The van der Waals surface area contributed by atoms with Gasteiger partial charge < -0.3 is 0 Å². The molecule has 0 heterocycles. The van der Waals surface area contributed by atoms with Crippen LogP contribution in [-0.2, 0) is 0 Å². The Hall–Kier alpha value is -0.0431. The highest BCUT2D eigenvalue weighted by molar-refractivity contribution is 6.83. The average Bonchev–Trinajstić information content (AvgIpc) is 1.82. The summed E-state index contributed by atoms with van der Waals surface area (Å²) in [6.07, 6.45) is 7.00. The van der Waals surface area contributed by atoms with E-state index in [-0.39, 0.29) is 0 Å². The zero-order valence-electron chi connectivity index (χ0n) is 9.04. The van der Waals surface area contributed by atoms with Gasteiger partial charge >= 0.3 is 0 Å². The molecule has 12 heavy (non-hydrogen) atoms. The van der Waals surface area contributed by atoms with E-state index in [1.54, 1.807) is 0 Å². The van der Waals surface area contributed by atoms with E-state index in [4.69, 9.17) is 0 Å². The van der Waals surface area contributed by atoms with Crippen LogP contribution in [0.2, 0.25) is 19.6 Å². The molecule has 1 rings (SSSR count). The molecule has 0 N–H and O–H groups in total. The van der Waals surface area contributed by atoms with Crippen LogP contribution in [0.25, 0.3) is 0 Å². The van der Waals surface area contributed by atoms with Crippen LogP contribution in [-0.4, -0.2) is 8.07 Å². The first-order chi connectivity index (χ1) is 5.55. The van der Waals surface area contributed by atoms with Crippen LogP contribution in [0.3, 0.4) is 0 Å². The molecule has 0 saturated carbocycles. The lowest BCUT2D eigenvalue weighted by atomic mass is 9.93. The van der Waals surface area contributed by atoms with Gasteiger partial charge in [0, 0.05) is 0 Å². The van der Waals surface area contributed by atoms with Gasteiger partial charge in [-0.05, 0) is 25.7 Å².